The van der Waals surface area contributed by atoms with E-state index in [9.17, 15) is 4.79 Å². The van der Waals surface area contributed by atoms with Gasteiger partial charge < -0.3 is 16.0 Å². The largest absolute Gasteiger partial charge is 0.384 e. The molecule has 0 radical (unpaired) electrons. The maximum atomic E-state index is 11.9. The summed E-state index contributed by atoms with van der Waals surface area (Å²) >= 11 is 0. The van der Waals surface area contributed by atoms with Crippen LogP contribution in [0.1, 0.15) is 23.2 Å². The quantitative estimate of drug-likeness (QED) is 0.781. The summed E-state index contributed by atoms with van der Waals surface area (Å²) in [6, 6.07) is 3.57. The topological polar surface area (TPSA) is 71.2 Å². The third kappa shape index (κ3) is 3.17. The van der Waals surface area contributed by atoms with Gasteiger partial charge in [0.25, 0.3) is 5.91 Å². The molecule has 0 bridgehead atoms. The third-order valence-corrected chi connectivity index (χ3v) is 3.01. The zero-order valence-corrected chi connectivity index (χ0v) is 10.0. The minimum absolute atomic E-state index is 0.0715. The predicted octanol–water partition coefficient (Wildman–Crippen LogP) is 0.488. The number of likely N-dealkylation sites (N-methyl/N-ethyl adjacent to an activating group) is 1. The van der Waals surface area contributed by atoms with Gasteiger partial charge >= 0.3 is 0 Å². The molecule has 1 aliphatic rings. The van der Waals surface area contributed by atoms with Gasteiger partial charge in [-0.05, 0) is 38.6 Å². The van der Waals surface area contributed by atoms with E-state index in [0.717, 1.165) is 25.9 Å². The number of anilines is 1. The molecule has 1 fully saturated rings. The Morgan fingerprint density at radius 1 is 1.59 bits per heavy atom. The molecule has 5 heteroatoms. The van der Waals surface area contributed by atoms with E-state index in [1.165, 1.54) is 6.20 Å². The van der Waals surface area contributed by atoms with Crippen molar-refractivity contribution in [2.24, 2.45) is 0 Å². The van der Waals surface area contributed by atoms with Crippen molar-refractivity contribution in [3.8, 4) is 0 Å². The van der Waals surface area contributed by atoms with Crippen LogP contribution in [0.25, 0.3) is 0 Å². The molecular formula is C12H18N4O. The van der Waals surface area contributed by atoms with Crippen molar-refractivity contribution in [3.63, 3.8) is 0 Å². The molecule has 0 aromatic carbocycles. The number of rotatable bonds is 2. The molecule has 1 unspecified atom stereocenters. The molecule has 17 heavy (non-hydrogen) atoms. The lowest BCUT2D eigenvalue weighted by Crippen LogP contribution is -2.46. The van der Waals surface area contributed by atoms with Crippen molar-refractivity contribution in [2.45, 2.75) is 18.9 Å². The Hall–Kier alpha value is -1.62. The first-order valence-corrected chi connectivity index (χ1v) is 5.86. The highest BCUT2D eigenvalue weighted by molar-refractivity contribution is 5.94. The van der Waals surface area contributed by atoms with E-state index in [1.807, 2.05) is 0 Å². The number of nitrogens with two attached hydrogens (primary N) is 1. The molecule has 1 aliphatic heterocycles. The lowest BCUT2D eigenvalue weighted by atomic mass is 10.1. The molecule has 0 aliphatic carbocycles. The average Bonchev–Trinajstić information content (AvgIpc) is 2.29. The van der Waals surface area contributed by atoms with Gasteiger partial charge in [-0.1, -0.05) is 0 Å². The van der Waals surface area contributed by atoms with Crippen LogP contribution in [-0.2, 0) is 0 Å². The van der Waals surface area contributed by atoms with Crippen molar-refractivity contribution < 1.29 is 4.79 Å². The van der Waals surface area contributed by atoms with Crippen molar-refractivity contribution in [3.05, 3.63) is 23.9 Å². The molecular weight excluding hydrogens is 216 g/mol. The highest BCUT2D eigenvalue weighted by atomic mass is 16.1. The minimum atomic E-state index is -0.0715. The summed E-state index contributed by atoms with van der Waals surface area (Å²) < 4.78 is 0. The van der Waals surface area contributed by atoms with Gasteiger partial charge in [0.1, 0.15) is 5.82 Å². The smallest absolute Gasteiger partial charge is 0.253 e. The molecule has 1 aromatic heterocycles. The van der Waals surface area contributed by atoms with Crippen molar-refractivity contribution >= 4 is 11.7 Å². The Morgan fingerprint density at radius 3 is 3.06 bits per heavy atom. The summed E-state index contributed by atoms with van der Waals surface area (Å²) in [6.07, 6.45) is 3.68. The summed E-state index contributed by atoms with van der Waals surface area (Å²) in [5.74, 6) is 0.358. The van der Waals surface area contributed by atoms with E-state index in [2.05, 4.69) is 22.2 Å². The Morgan fingerprint density at radius 2 is 2.41 bits per heavy atom. The highest BCUT2D eigenvalue weighted by Gasteiger charge is 2.19. The number of hydrogen-bond donors (Lipinski definition) is 2. The number of nitrogens with zero attached hydrogens (tertiary/aromatic N) is 2. The molecule has 1 aromatic rings. The fourth-order valence-corrected chi connectivity index (χ4v) is 2.09. The summed E-state index contributed by atoms with van der Waals surface area (Å²) in [5, 5.41) is 3.02. The highest BCUT2D eigenvalue weighted by Crippen LogP contribution is 2.09. The molecule has 2 rings (SSSR count). The maximum Gasteiger partial charge on any atom is 0.253 e. The fraction of sp³-hybridized carbons (Fsp3) is 0.500. The lowest BCUT2D eigenvalue weighted by molar-refractivity contribution is 0.0912. The number of likely N-dealkylation sites (tertiary alicyclic amines) is 1. The van der Waals surface area contributed by atoms with Gasteiger partial charge in [-0.25, -0.2) is 4.98 Å². The molecule has 92 valence electrons. The van der Waals surface area contributed by atoms with Crippen LogP contribution in [0, 0.1) is 0 Å². The van der Waals surface area contributed by atoms with E-state index < -0.39 is 0 Å². The van der Waals surface area contributed by atoms with Gasteiger partial charge in [-0.2, -0.15) is 0 Å². The van der Waals surface area contributed by atoms with Crippen molar-refractivity contribution in [1.29, 1.82) is 0 Å². The number of piperidine rings is 1. The number of nitrogen functional groups attached to an aromatic ring is 1. The zero-order valence-electron chi connectivity index (χ0n) is 10.0. The number of hydrogen-bond acceptors (Lipinski definition) is 4. The Kier molecular flexibility index (Phi) is 3.58. The first kappa shape index (κ1) is 11.9. The molecule has 1 amide bonds. The van der Waals surface area contributed by atoms with Crippen LogP contribution in [-0.4, -0.2) is 42.0 Å². The minimum Gasteiger partial charge on any atom is -0.384 e. The van der Waals surface area contributed by atoms with Crippen LogP contribution in [0.2, 0.25) is 0 Å². The monoisotopic (exact) mass is 234 g/mol. The van der Waals surface area contributed by atoms with Gasteiger partial charge in [0.2, 0.25) is 0 Å². The van der Waals surface area contributed by atoms with Crippen LogP contribution in [0.15, 0.2) is 18.3 Å². The fourth-order valence-electron chi connectivity index (χ4n) is 2.09. The Balaban J connectivity index is 1.94. The molecule has 0 saturated carbocycles. The number of carbonyl (C=O) groups excluding carboxylic acids is 1. The Labute approximate surface area is 101 Å². The SMILES string of the molecule is CN1CCCC(NC(=O)c2ccc(N)nc2)C1. The number of pyridine rings is 1. The molecule has 3 N–H and O–H groups in total. The summed E-state index contributed by atoms with van der Waals surface area (Å²) in [5.41, 5.74) is 6.04. The average molecular weight is 234 g/mol. The summed E-state index contributed by atoms with van der Waals surface area (Å²) in [7, 11) is 2.07. The van der Waals surface area contributed by atoms with E-state index >= 15 is 0 Å². The zero-order chi connectivity index (χ0) is 12.3. The molecule has 1 saturated heterocycles. The number of nitrogens with one attached hydrogen (secondary N) is 1. The van der Waals surface area contributed by atoms with Crippen molar-refractivity contribution in [2.75, 3.05) is 25.9 Å². The normalized spacial score (nSPS) is 21.1. The number of carbonyl (C=O) groups is 1. The summed E-state index contributed by atoms with van der Waals surface area (Å²) in [6.45, 7) is 2.02. The first-order valence-electron chi connectivity index (χ1n) is 5.86. The third-order valence-electron chi connectivity index (χ3n) is 3.01. The molecule has 2 heterocycles. The van der Waals surface area contributed by atoms with Crippen LogP contribution >= 0.6 is 0 Å². The van der Waals surface area contributed by atoms with E-state index in [-0.39, 0.29) is 11.9 Å². The molecule has 1 atom stereocenters. The van der Waals surface area contributed by atoms with Crippen LogP contribution in [0.3, 0.4) is 0 Å². The molecule has 0 spiro atoms. The van der Waals surface area contributed by atoms with Crippen LogP contribution < -0.4 is 11.1 Å². The van der Waals surface area contributed by atoms with Gasteiger partial charge in [-0.3, -0.25) is 4.79 Å². The first-order chi connectivity index (χ1) is 8.15. The van der Waals surface area contributed by atoms with Crippen LogP contribution in [0.5, 0.6) is 0 Å². The van der Waals surface area contributed by atoms with E-state index in [4.69, 9.17) is 5.73 Å². The van der Waals surface area contributed by atoms with E-state index in [1.54, 1.807) is 12.1 Å². The Bertz CT molecular complexity index is 390. The number of aromatic nitrogens is 1. The van der Waals surface area contributed by atoms with Crippen LogP contribution in [0.4, 0.5) is 5.82 Å². The number of amides is 1. The van der Waals surface area contributed by atoms with Gasteiger partial charge in [0, 0.05) is 18.8 Å². The second kappa shape index (κ2) is 5.14. The van der Waals surface area contributed by atoms with Crippen molar-refractivity contribution in [1.82, 2.24) is 15.2 Å². The predicted molar refractivity (Wildman–Crippen MR) is 66.6 cm³/mol. The molecule has 5 nitrogen and oxygen atoms in total. The van der Waals surface area contributed by atoms with E-state index in [0.29, 0.717) is 11.4 Å². The standard InChI is InChI=1S/C12H18N4O/c1-16-6-2-3-10(8-16)15-12(17)9-4-5-11(13)14-7-9/h4-5,7,10H,2-3,6,8H2,1H3,(H2,13,14)(H,15,17). The second-order valence-electron chi connectivity index (χ2n) is 4.55. The maximum absolute atomic E-state index is 11.9. The second-order valence-corrected chi connectivity index (χ2v) is 4.55. The summed E-state index contributed by atoms with van der Waals surface area (Å²) in [4.78, 5) is 18.1. The van der Waals surface area contributed by atoms with Gasteiger partial charge in [0.15, 0.2) is 0 Å². The van der Waals surface area contributed by atoms with Gasteiger partial charge in [0.05, 0.1) is 5.56 Å². The van der Waals surface area contributed by atoms with Gasteiger partial charge in [-0.15, -0.1) is 0 Å². The lowest BCUT2D eigenvalue weighted by Gasteiger charge is -2.30.